The highest BCUT2D eigenvalue weighted by Crippen LogP contribution is 2.16. The van der Waals surface area contributed by atoms with Crippen LogP contribution in [0.5, 0.6) is 5.75 Å². The van der Waals surface area contributed by atoms with Gasteiger partial charge in [0.1, 0.15) is 5.75 Å². The Kier molecular flexibility index (Phi) is 4.54. The number of anilines is 1. The summed E-state index contributed by atoms with van der Waals surface area (Å²) in [5, 5.41) is 15.6. The third-order valence-electron chi connectivity index (χ3n) is 3.14. The first-order valence-electron chi connectivity index (χ1n) is 6.88. The topological polar surface area (TPSA) is 64.9 Å². The number of nitrogens with zero attached hydrogens (tertiary/aromatic N) is 4. The maximum absolute atomic E-state index is 5.85. The van der Waals surface area contributed by atoms with E-state index < -0.39 is 0 Å². The Balaban J connectivity index is 1.75. The van der Waals surface area contributed by atoms with Gasteiger partial charge in [0, 0.05) is 23.0 Å². The van der Waals surface area contributed by atoms with Crippen LogP contribution in [-0.4, -0.2) is 27.3 Å². The predicted molar refractivity (Wildman–Crippen MR) is 89.8 cm³/mol. The second-order valence-corrected chi connectivity index (χ2v) is 5.07. The molecule has 0 atom stereocenters. The van der Waals surface area contributed by atoms with Gasteiger partial charge in [0.15, 0.2) is 5.82 Å². The van der Waals surface area contributed by atoms with Gasteiger partial charge in [0.05, 0.1) is 12.8 Å². The van der Waals surface area contributed by atoms with E-state index in [1.165, 1.54) is 0 Å². The van der Waals surface area contributed by atoms with Crippen molar-refractivity contribution in [2.45, 2.75) is 0 Å². The molecule has 3 rings (SSSR count). The average molecular weight is 328 g/mol. The molecule has 1 aromatic heterocycles. The van der Waals surface area contributed by atoms with Crippen LogP contribution in [0.2, 0.25) is 5.02 Å². The summed E-state index contributed by atoms with van der Waals surface area (Å²) < 4.78 is 6.78. The van der Waals surface area contributed by atoms with Gasteiger partial charge in [-0.1, -0.05) is 11.6 Å². The summed E-state index contributed by atoms with van der Waals surface area (Å²) in [6, 6.07) is 14.9. The van der Waals surface area contributed by atoms with E-state index in [9.17, 15) is 0 Å². The highest BCUT2D eigenvalue weighted by Gasteiger charge is 2.05. The molecule has 6 nitrogen and oxygen atoms in total. The molecule has 0 spiro atoms. The summed E-state index contributed by atoms with van der Waals surface area (Å²) in [6.07, 6.45) is 3.56. The first-order valence-corrected chi connectivity index (χ1v) is 7.25. The Morgan fingerprint density at radius 3 is 2.52 bits per heavy atom. The summed E-state index contributed by atoms with van der Waals surface area (Å²) in [5.41, 5.74) is 1.77. The number of rotatable bonds is 5. The average Bonchev–Trinajstić information content (AvgIpc) is 3.05. The number of tetrazole rings is 1. The van der Waals surface area contributed by atoms with Crippen LogP contribution in [0.1, 0.15) is 5.82 Å². The zero-order chi connectivity index (χ0) is 16.1. The van der Waals surface area contributed by atoms with Crippen molar-refractivity contribution in [3.05, 3.63) is 65.6 Å². The maximum Gasteiger partial charge on any atom is 0.181 e. The standard InChI is InChI=1S/C16H14ClN5O/c1-23-15-8-6-14(7-9-15)22-16(19-20-21-22)10-11-18-13-4-2-12(17)3-5-13/h2-11,18H,1H3. The molecule has 0 saturated carbocycles. The summed E-state index contributed by atoms with van der Waals surface area (Å²) in [7, 11) is 1.63. The number of hydrogen-bond donors (Lipinski definition) is 1. The van der Waals surface area contributed by atoms with Gasteiger partial charge in [-0.15, -0.1) is 5.10 Å². The molecule has 3 aromatic rings. The van der Waals surface area contributed by atoms with Crippen LogP contribution in [0.25, 0.3) is 11.8 Å². The number of hydrogen-bond acceptors (Lipinski definition) is 5. The minimum Gasteiger partial charge on any atom is -0.497 e. The SMILES string of the molecule is COc1ccc(-n2nnnc2C=CNc2ccc(Cl)cc2)cc1. The van der Waals surface area contributed by atoms with Crippen LogP contribution in [0.15, 0.2) is 54.7 Å². The van der Waals surface area contributed by atoms with E-state index in [1.807, 2.05) is 48.5 Å². The van der Waals surface area contributed by atoms with E-state index in [2.05, 4.69) is 20.8 Å². The fourth-order valence-corrected chi connectivity index (χ4v) is 2.09. The predicted octanol–water partition coefficient (Wildman–Crippen LogP) is 3.41. The molecular formula is C16H14ClN5O. The Labute approximate surface area is 138 Å². The minimum absolute atomic E-state index is 0.608. The lowest BCUT2D eigenvalue weighted by Crippen LogP contribution is -2.00. The molecule has 0 saturated heterocycles. The summed E-state index contributed by atoms with van der Waals surface area (Å²) in [6.45, 7) is 0. The van der Waals surface area contributed by atoms with Gasteiger partial charge in [-0.2, -0.15) is 4.68 Å². The highest BCUT2D eigenvalue weighted by molar-refractivity contribution is 6.30. The lowest BCUT2D eigenvalue weighted by Gasteiger charge is -2.04. The smallest absolute Gasteiger partial charge is 0.181 e. The molecule has 1 heterocycles. The molecule has 0 radical (unpaired) electrons. The van der Waals surface area contributed by atoms with Gasteiger partial charge < -0.3 is 10.1 Å². The lowest BCUT2D eigenvalue weighted by atomic mass is 10.3. The minimum atomic E-state index is 0.608. The molecule has 1 N–H and O–H groups in total. The summed E-state index contributed by atoms with van der Waals surface area (Å²) in [4.78, 5) is 0. The van der Waals surface area contributed by atoms with E-state index in [-0.39, 0.29) is 0 Å². The van der Waals surface area contributed by atoms with E-state index in [0.29, 0.717) is 10.8 Å². The molecular weight excluding hydrogens is 314 g/mol. The highest BCUT2D eigenvalue weighted by atomic mass is 35.5. The number of benzene rings is 2. The number of methoxy groups -OCH3 is 1. The fraction of sp³-hybridized carbons (Fsp3) is 0.0625. The van der Waals surface area contributed by atoms with Gasteiger partial charge >= 0.3 is 0 Å². The van der Waals surface area contributed by atoms with Crippen LogP contribution >= 0.6 is 11.6 Å². The van der Waals surface area contributed by atoms with Crippen LogP contribution in [0.3, 0.4) is 0 Å². The monoisotopic (exact) mass is 327 g/mol. The molecule has 7 heteroatoms. The summed E-state index contributed by atoms with van der Waals surface area (Å²) >= 11 is 5.85. The first kappa shape index (κ1) is 15.1. The number of halogens is 1. The molecule has 0 aliphatic rings. The van der Waals surface area contributed by atoms with Crippen molar-refractivity contribution >= 4 is 23.4 Å². The number of aromatic nitrogens is 4. The van der Waals surface area contributed by atoms with Gasteiger partial charge in [0.25, 0.3) is 0 Å². The van der Waals surface area contributed by atoms with E-state index in [0.717, 1.165) is 17.1 Å². The van der Waals surface area contributed by atoms with Crippen LogP contribution in [-0.2, 0) is 0 Å². The molecule has 0 amide bonds. The number of ether oxygens (including phenoxy) is 1. The Morgan fingerprint density at radius 1 is 1.09 bits per heavy atom. The van der Waals surface area contributed by atoms with E-state index in [1.54, 1.807) is 24.1 Å². The molecule has 0 aliphatic heterocycles. The van der Waals surface area contributed by atoms with Gasteiger partial charge in [-0.3, -0.25) is 0 Å². The molecule has 2 aromatic carbocycles. The Hall–Kier alpha value is -2.86. The Morgan fingerprint density at radius 2 is 1.83 bits per heavy atom. The molecule has 116 valence electrons. The van der Waals surface area contributed by atoms with Crippen molar-refractivity contribution in [1.82, 2.24) is 20.2 Å². The zero-order valence-corrected chi connectivity index (χ0v) is 13.1. The Bertz CT molecular complexity index is 796. The molecule has 0 aliphatic carbocycles. The zero-order valence-electron chi connectivity index (χ0n) is 12.3. The van der Waals surface area contributed by atoms with Crippen molar-refractivity contribution in [3.8, 4) is 11.4 Å². The van der Waals surface area contributed by atoms with Crippen molar-refractivity contribution in [1.29, 1.82) is 0 Å². The second kappa shape index (κ2) is 6.93. The lowest BCUT2D eigenvalue weighted by molar-refractivity contribution is 0.414. The van der Waals surface area contributed by atoms with E-state index >= 15 is 0 Å². The second-order valence-electron chi connectivity index (χ2n) is 4.63. The molecule has 0 bridgehead atoms. The van der Waals surface area contributed by atoms with Crippen molar-refractivity contribution < 1.29 is 4.74 Å². The summed E-state index contributed by atoms with van der Waals surface area (Å²) in [5.74, 6) is 1.39. The van der Waals surface area contributed by atoms with Crippen molar-refractivity contribution in [3.63, 3.8) is 0 Å². The maximum atomic E-state index is 5.85. The fourth-order valence-electron chi connectivity index (χ4n) is 1.96. The third kappa shape index (κ3) is 3.67. The third-order valence-corrected chi connectivity index (χ3v) is 3.39. The van der Waals surface area contributed by atoms with Crippen molar-refractivity contribution in [2.24, 2.45) is 0 Å². The molecule has 23 heavy (non-hydrogen) atoms. The number of nitrogens with one attached hydrogen (secondary N) is 1. The largest absolute Gasteiger partial charge is 0.497 e. The van der Waals surface area contributed by atoms with Crippen LogP contribution < -0.4 is 10.1 Å². The van der Waals surface area contributed by atoms with E-state index in [4.69, 9.17) is 16.3 Å². The van der Waals surface area contributed by atoms with Gasteiger partial charge in [0.2, 0.25) is 0 Å². The first-order chi connectivity index (χ1) is 11.3. The van der Waals surface area contributed by atoms with Crippen LogP contribution in [0.4, 0.5) is 5.69 Å². The van der Waals surface area contributed by atoms with Gasteiger partial charge in [-0.05, 0) is 59.0 Å². The van der Waals surface area contributed by atoms with Gasteiger partial charge in [-0.25, -0.2) is 0 Å². The normalized spacial score (nSPS) is 10.9. The molecule has 0 fully saturated rings. The molecule has 0 unspecified atom stereocenters. The quantitative estimate of drug-likeness (QED) is 0.778. The van der Waals surface area contributed by atoms with Crippen LogP contribution in [0, 0.1) is 0 Å². The van der Waals surface area contributed by atoms with Crippen molar-refractivity contribution in [2.75, 3.05) is 12.4 Å².